The van der Waals surface area contributed by atoms with Crippen LogP contribution < -0.4 is 11.1 Å². The number of nitrogens with one attached hydrogen (secondary N) is 1. The summed E-state index contributed by atoms with van der Waals surface area (Å²) in [6.45, 7) is 13.9. The van der Waals surface area contributed by atoms with Gasteiger partial charge in [0, 0.05) is 48.2 Å². The van der Waals surface area contributed by atoms with Crippen molar-refractivity contribution in [1.29, 1.82) is 0 Å². The molecular formula is C40H68FN3O6. The standard InChI is InChI=1S/C12H23N.C10H7NO3.C9H18FNO.C5H10O.C4H10O/c1-10-12(8-9-13(10)2)11-6-4-3-5-7-11;12-5-9-4-7-3-8(11-6-13)1-2-10(7)14-9;1-2-8(7-12)4-3-5-9(11)6-10;1-5(2,3)4-6;1-3-4-5-2/h10-12H,3-9H2,1-2H3;1-6H,(H,11,13);7-9H,2-6,11H2,1H3;4H,1-3H3;3-4H2,1-2H3. The van der Waals surface area contributed by atoms with E-state index >= 15 is 0 Å². The highest BCUT2D eigenvalue weighted by atomic mass is 19.1. The zero-order valence-corrected chi connectivity index (χ0v) is 32.3. The predicted octanol–water partition coefficient (Wildman–Crippen LogP) is 8.67. The van der Waals surface area contributed by atoms with Gasteiger partial charge in [0.2, 0.25) is 6.41 Å². The molecule has 4 rings (SSSR count). The Balaban J connectivity index is 0.000000631. The van der Waals surface area contributed by atoms with Crippen LogP contribution in [0.15, 0.2) is 28.7 Å². The minimum atomic E-state index is -0.460. The molecule has 286 valence electrons. The van der Waals surface area contributed by atoms with Crippen LogP contribution in [0, 0.1) is 23.2 Å². The first-order valence-corrected chi connectivity index (χ1v) is 18.5. The highest BCUT2D eigenvalue weighted by molar-refractivity contribution is 5.88. The van der Waals surface area contributed by atoms with Crippen LogP contribution in [0.5, 0.6) is 0 Å². The molecule has 2 fully saturated rings. The Morgan fingerprint density at radius 3 is 2.16 bits per heavy atom. The first kappa shape index (κ1) is 47.0. The topological polar surface area (TPSA) is 132 Å². The fraction of sp³-hybridized carbons (Fsp3) is 0.700. The van der Waals surface area contributed by atoms with Crippen molar-refractivity contribution >= 4 is 41.9 Å². The van der Waals surface area contributed by atoms with Gasteiger partial charge in [-0.3, -0.25) is 9.59 Å². The van der Waals surface area contributed by atoms with Gasteiger partial charge in [0.15, 0.2) is 12.0 Å². The normalized spacial score (nSPS) is 18.7. The number of ether oxygens (including phenoxy) is 1. The molecule has 9 nitrogen and oxygen atoms in total. The molecule has 2 heterocycles. The van der Waals surface area contributed by atoms with Gasteiger partial charge < -0.3 is 34.7 Å². The van der Waals surface area contributed by atoms with Crippen molar-refractivity contribution in [1.82, 2.24) is 4.90 Å². The highest BCUT2D eigenvalue weighted by Gasteiger charge is 2.34. The molecule has 1 saturated heterocycles. The highest BCUT2D eigenvalue weighted by Crippen LogP contribution is 2.37. The third kappa shape index (κ3) is 20.7. The number of hydrogen-bond donors (Lipinski definition) is 2. The lowest BCUT2D eigenvalue weighted by atomic mass is 9.77. The molecule has 3 N–H and O–H groups in total. The number of halogens is 1. The number of amides is 1. The Hall–Kier alpha value is -2.95. The lowest BCUT2D eigenvalue weighted by molar-refractivity contribution is -0.114. The molecule has 1 aromatic carbocycles. The molecule has 2 aliphatic rings. The summed E-state index contributed by atoms with van der Waals surface area (Å²) in [6.07, 6.45) is 16.5. The van der Waals surface area contributed by atoms with Crippen LogP contribution in [-0.2, 0) is 19.1 Å². The van der Waals surface area contributed by atoms with Gasteiger partial charge in [0.25, 0.3) is 0 Å². The second-order valence-corrected chi connectivity index (χ2v) is 14.5. The number of fused-ring (bicyclic) bond motifs is 1. The van der Waals surface area contributed by atoms with Crippen LogP contribution in [0.25, 0.3) is 11.0 Å². The number of nitrogens with two attached hydrogens (primary N) is 1. The zero-order chi connectivity index (χ0) is 38.0. The molecule has 0 bridgehead atoms. The molecule has 0 spiro atoms. The molecule has 10 heteroatoms. The van der Waals surface area contributed by atoms with E-state index in [1.807, 2.05) is 27.7 Å². The van der Waals surface area contributed by atoms with Gasteiger partial charge in [0.1, 0.15) is 24.8 Å². The van der Waals surface area contributed by atoms with Gasteiger partial charge in [-0.15, -0.1) is 0 Å². The largest absolute Gasteiger partial charge is 0.453 e. The van der Waals surface area contributed by atoms with Crippen molar-refractivity contribution in [3.05, 3.63) is 30.0 Å². The Labute approximate surface area is 301 Å². The van der Waals surface area contributed by atoms with Crippen molar-refractivity contribution < 1.29 is 32.7 Å². The summed E-state index contributed by atoms with van der Waals surface area (Å²) in [5.41, 5.74) is 6.54. The Bertz CT molecular complexity index is 1180. The van der Waals surface area contributed by atoms with Crippen LogP contribution in [0.4, 0.5) is 10.1 Å². The number of carbonyl (C=O) groups excluding carboxylic acids is 4. The molecular weight excluding hydrogens is 637 g/mol. The predicted molar refractivity (Wildman–Crippen MR) is 203 cm³/mol. The van der Waals surface area contributed by atoms with Crippen molar-refractivity contribution in [2.24, 2.45) is 28.9 Å². The van der Waals surface area contributed by atoms with E-state index in [2.05, 4.69) is 31.1 Å². The Kier molecular flexibility index (Phi) is 26.1. The second kappa shape index (κ2) is 27.7. The molecule has 2 aromatic rings. The Morgan fingerprint density at radius 2 is 1.72 bits per heavy atom. The number of benzene rings is 1. The van der Waals surface area contributed by atoms with E-state index in [1.54, 1.807) is 31.4 Å². The first-order chi connectivity index (χ1) is 23.8. The summed E-state index contributed by atoms with van der Waals surface area (Å²) in [5, 5.41) is 3.31. The maximum atomic E-state index is 11.9. The van der Waals surface area contributed by atoms with E-state index in [1.165, 1.54) is 45.1 Å². The van der Waals surface area contributed by atoms with Gasteiger partial charge in [-0.05, 0) is 88.7 Å². The van der Waals surface area contributed by atoms with Crippen molar-refractivity contribution in [3.63, 3.8) is 0 Å². The maximum Gasteiger partial charge on any atom is 0.211 e. The lowest BCUT2D eigenvalue weighted by Gasteiger charge is -2.31. The van der Waals surface area contributed by atoms with E-state index < -0.39 is 6.67 Å². The fourth-order valence-electron chi connectivity index (χ4n) is 5.89. The van der Waals surface area contributed by atoms with Crippen molar-refractivity contribution in [2.75, 3.05) is 39.3 Å². The minimum absolute atomic E-state index is 0.136. The monoisotopic (exact) mass is 706 g/mol. The number of hydrogen-bond acceptors (Lipinski definition) is 8. The molecule has 1 aliphatic heterocycles. The van der Waals surface area contributed by atoms with E-state index in [0.29, 0.717) is 30.4 Å². The van der Waals surface area contributed by atoms with E-state index in [4.69, 9.17) is 14.9 Å². The molecule has 4 atom stereocenters. The third-order valence-electron chi connectivity index (χ3n) is 9.09. The number of aldehydes is 3. The number of rotatable bonds is 13. The van der Waals surface area contributed by atoms with E-state index in [0.717, 1.165) is 68.1 Å². The summed E-state index contributed by atoms with van der Waals surface area (Å²) in [6, 6.07) is 7.28. The van der Waals surface area contributed by atoms with Gasteiger partial charge in [-0.25, -0.2) is 4.39 Å². The van der Waals surface area contributed by atoms with Crippen LogP contribution in [0.1, 0.15) is 123 Å². The van der Waals surface area contributed by atoms with Gasteiger partial charge in [-0.2, -0.15) is 0 Å². The summed E-state index contributed by atoms with van der Waals surface area (Å²) in [4.78, 5) is 43.3. The lowest BCUT2D eigenvalue weighted by Crippen LogP contribution is -2.30. The van der Waals surface area contributed by atoms with Crippen LogP contribution in [-0.4, -0.2) is 76.2 Å². The van der Waals surface area contributed by atoms with Crippen LogP contribution in [0.3, 0.4) is 0 Å². The molecule has 1 aliphatic carbocycles. The smallest absolute Gasteiger partial charge is 0.211 e. The fourth-order valence-corrected chi connectivity index (χ4v) is 5.89. The first-order valence-electron chi connectivity index (χ1n) is 18.5. The maximum absolute atomic E-state index is 11.9. The average Bonchev–Trinajstić information content (AvgIpc) is 3.69. The average molecular weight is 706 g/mol. The third-order valence-corrected chi connectivity index (χ3v) is 9.09. The van der Waals surface area contributed by atoms with Gasteiger partial charge in [0.05, 0.1) is 0 Å². The molecule has 1 aromatic heterocycles. The number of anilines is 1. The number of carbonyl (C=O) groups is 4. The van der Waals surface area contributed by atoms with E-state index in [9.17, 15) is 23.6 Å². The molecule has 1 amide bonds. The zero-order valence-electron chi connectivity index (χ0n) is 32.3. The molecule has 50 heavy (non-hydrogen) atoms. The van der Waals surface area contributed by atoms with Crippen LogP contribution >= 0.6 is 0 Å². The quantitative estimate of drug-likeness (QED) is 0.198. The Morgan fingerprint density at radius 1 is 1.06 bits per heavy atom. The number of methoxy groups -OCH3 is 1. The number of nitrogens with zero attached hydrogens (tertiary/aromatic N) is 1. The van der Waals surface area contributed by atoms with Crippen LogP contribution in [0.2, 0.25) is 0 Å². The van der Waals surface area contributed by atoms with Gasteiger partial charge in [-0.1, -0.05) is 73.1 Å². The number of likely N-dealkylation sites (tertiary alicyclic amines) is 1. The summed E-state index contributed by atoms with van der Waals surface area (Å²) >= 11 is 0. The number of alkyl halides is 1. The minimum Gasteiger partial charge on any atom is -0.453 e. The molecule has 1 saturated carbocycles. The SMILES string of the molecule is CC(C)(C)C=O.CC1C(C2CCCCC2)CCN1C.CCC(C=O)CCCC(N)CF.CCCOC.O=CNc1ccc2oc(C=O)cc2c1. The van der Waals surface area contributed by atoms with E-state index in [-0.39, 0.29) is 23.1 Å². The van der Waals surface area contributed by atoms with Crippen molar-refractivity contribution in [3.8, 4) is 0 Å². The summed E-state index contributed by atoms with van der Waals surface area (Å²) in [7, 11) is 4.00. The summed E-state index contributed by atoms with van der Waals surface area (Å²) < 4.78 is 21.7. The van der Waals surface area contributed by atoms with Crippen molar-refractivity contribution in [2.45, 2.75) is 124 Å². The van der Waals surface area contributed by atoms with Gasteiger partial charge >= 0.3 is 0 Å². The second-order valence-electron chi connectivity index (χ2n) is 14.5. The molecule has 0 radical (unpaired) electrons. The number of furan rings is 1. The summed E-state index contributed by atoms with van der Waals surface area (Å²) in [5.74, 6) is 2.50. The molecule has 4 unspecified atom stereocenters.